The molecule has 0 saturated carbocycles. The lowest BCUT2D eigenvalue weighted by atomic mass is 9.99. The van der Waals surface area contributed by atoms with Gasteiger partial charge in [0.1, 0.15) is 6.04 Å². The second-order valence-electron chi connectivity index (χ2n) is 3.38. The first kappa shape index (κ1) is 10.8. The quantitative estimate of drug-likeness (QED) is 0.531. The van der Waals surface area contributed by atoms with Crippen LogP contribution in [0, 0.1) is 5.92 Å². The van der Waals surface area contributed by atoms with Crippen LogP contribution in [-0.4, -0.2) is 25.0 Å². The summed E-state index contributed by atoms with van der Waals surface area (Å²) in [5.74, 6) is -0.487. The number of allylic oxidation sites excluding steroid dienone is 1. The van der Waals surface area contributed by atoms with Crippen LogP contribution < -0.4 is 5.32 Å². The molecular formula is C10H15NO3. The second kappa shape index (κ2) is 4.79. The van der Waals surface area contributed by atoms with Crippen molar-refractivity contribution in [1.82, 2.24) is 5.32 Å². The zero-order valence-corrected chi connectivity index (χ0v) is 8.29. The first-order chi connectivity index (χ1) is 6.69. The molecule has 0 bridgehead atoms. The molecule has 0 aliphatic carbocycles. The van der Waals surface area contributed by atoms with Gasteiger partial charge in [0.2, 0.25) is 5.91 Å². The smallest absolute Gasteiger partial charge is 0.328 e. The van der Waals surface area contributed by atoms with Crippen LogP contribution in [0.15, 0.2) is 12.7 Å². The molecule has 1 rings (SSSR count). The van der Waals surface area contributed by atoms with E-state index in [9.17, 15) is 9.59 Å². The third-order valence-electron chi connectivity index (χ3n) is 2.41. The predicted molar refractivity (Wildman–Crippen MR) is 51.5 cm³/mol. The molecule has 1 heterocycles. The molecule has 0 unspecified atom stereocenters. The van der Waals surface area contributed by atoms with E-state index in [1.54, 1.807) is 6.08 Å². The topological polar surface area (TPSA) is 55.4 Å². The number of hydrogen-bond donors (Lipinski definition) is 1. The van der Waals surface area contributed by atoms with E-state index >= 15 is 0 Å². The summed E-state index contributed by atoms with van der Waals surface area (Å²) in [5, 5.41) is 2.62. The lowest BCUT2D eigenvalue weighted by Crippen LogP contribution is -2.34. The predicted octanol–water partition coefficient (Wildman–Crippen LogP) is 0.630. The van der Waals surface area contributed by atoms with Crippen LogP contribution in [0.5, 0.6) is 0 Å². The number of esters is 1. The van der Waals surface area contributed by atoms with Crippen molar-refractivity contribution in [3.05, 3.63) is 12.7 Å². The zero-order chi connectivity index (χ0) is 10.6. The Morgan fingerprint density at radius 2 is 2.50 bits per heavy atom. The molecule has 1 fully saturated rings. The van der Waals surface area contributed by atoms with Crippen LogP contribution in [0.2, 0.25) is 0 Å². The number of hydrogen-bond acceptors (Lipinski definition) is 3. The van der Waals surface area contributed by atoms with E-state index in [2.05, 4.69) is 16.6 Å². The molecule has 4 heteroatoms. The van der Waals surface area contributed by atoms with Crippen LogP contribution in [0.3, 0.4) is 0 Å². The zero-order valence-electron chi connectivity index (χ0n) is 8.29. The van der Waals surface area contributed by atoms with Crippen molar-refractivity contribution >= 4 is 11.9 Å². The summed E-state index contributed by atoms with van der Waals surface area (Å²) in [6.45, 7) is 3.59. The van der Waals surface area contributed by atoms with E-state index in [0.29, 0.717) is 6.42 Å². The molecule has 4 nitrogen and oxygen atoms in total. The van der Waals surface area contributed by atoms with E-state index in [1.807, 2.05) is 0 Å². The number of carbonyl (C=O) groups is 2. The summed E-state index contributed by atoms with van der Waals surface area (Å²) in [5.41, 5.74) is 0. The summed E-state index contributed by atoms with van der Waals surface area (Å²) >= 11 is 0. The highest BCUT2D eigenvalue weighted by molar-refractivity contribution is 5.89. The van der Waals surface area contributed by atoms with Gasteiger partial charge >= 0.3 is 5.97 Å². The summed E-state index contributed by atoms with van der Waals surface area (Å²) in [4.78, 5) is 22.5. The van der Waals surface area contributed by atoms with E-state index in [1.165, 1.54) is 7.11 Å². The van der Waals surface area contributed by atoms with Gasteiger partial charge < -0.3 is 10.1 Å². The first-order valence-electron chi connectivity index (χ1n) is 4.68. The molecule has 78 valence electrons. The summed E-state index contributed by atoms with van der Waals surface area (Å²) in [7, 11) is 1.32. The molecular weight excluding hydrogens is 182 g/mol. The van der Waals surface area contributed by atoms with Crippen molar-refractivity contribution in [1.29, 1.82) is 0 Å². The van der Waals surface area contributed by atoms with Gasteiger partial charge in [0.25, 0.3) is 0 Å². The van der Waals surface area contributed by atoms with E-state index < -0.39 is 6.04 Å². The fraction of sp³-hybridized carbons (Fsp3) is 0.600. The van der Waals surface area contributed by atoms with Gasteiger partial charge in [-0.25, -0.2) is 4.79 Å². The lowest BCUT2D eigenvalue weighted by Gasteiger charge is -2.05. The number of carbonyl (C=O) groups excluding carboxylic acids is 2. The normalized spacial score (nSPS) is 25.6. The average molecular weight is 197 g/mol. The Morgan fingerprint density at radius 1 is 1.79 bits per heavy atom. The lowest BCUT2D eigenvalue weighted by molar-refractivity contribution is -0.143. The fourth-order valence-electron chi connectivity index (χ4n) is 1.61. The molecule has 0 aromatic heterocycles. The molecule has 0 radical (unpaired) electrons. The highest BCUT2D eigenvalue weighted by Crippen LogP contribution is 2.21. The molecule has 1 amide bonds. The van der Waals surface area contributed by atoms with Gasteiger partial charge in [-0.2, -0.15) is 0 Å². The summed E-state index contributed by atoms with van der Waals surface area (Å²) < 4.78 is 4.56. The van der Waals surface area contributed by atoms with Crippen LogP contribution in [0.1, 0.15) is 19.3 Å². The Hall–Kier alpha value is -1.32. The number of nitrogens with one attached hydrogen (secondary N) is 1. The minimum Gasteiger partial charge on any atom is -0.467 e. The largest absolute Gasteiger partial charge is 0.467 e. The molecule has 2 atom stereocenters. The Balaban J connectivity index is 2.46. The van der Waals surface area contributed by atoms with Gasteiger partial charge in [-0.1, -0.05) is 6.08 Å². The molecule has 14 heavy (non-hydrogen) atoms. The monoisotopic (exact) mass is 197 g/mol. The van der Waals surface area contributed by atoms with Gasteiger partial charge in [0, 0.05) is 5.92 Å². The van der Waals surface area contributed by atoms with Gasteiger partial charge in [0.15, 0.2) is 0 Å². The van der Waals surface area contributed by atoms with E-state index in [4.69, 9.17) is 0 Å². The van der Waals surface area contributed by atoms with Gasteiger partial charge in [-0.15, -0.1) is 6.58 Å². The highest BCUT2D eigenvalue weighted by Gasteiger charge is 2.35. The Morgan fingerprint density at radius 3 is 3.07 bits per heavy atom. The number of methoxy groups -OCH3 is 1. The number of amides is 1. The highest BCUT2D eigenvalue weighted by atomic mass is 16.5. The van der Waals surface area contributed by atoms with E-state index in [-0.39, 0.29) is 17.8 Å². The number of ether oxygens (including phenoxy) is 1. The van der Waals surface area contributed by atoms with Crippen molar-refractivity contribution in [2.24, 2.45) is 5.92 Å². The summed E-state index contributed by atoms with van der Waals surface area (Å²) in [6.07, 6.45) is 3.87. The minimum atomic E-state index is -0.456. The summed E-state index contributed by atoms with van der Waals surface area (Å²) in [6, 6.07) is -0.456. The van der Waals surface area contributed by atoms with E-state index in [0.717, 1.165) is 12.8 Å². The van der Waals surface area contributed by atoms with Crippen molar-refractivity contribution in [2.45, 2.75) is 25.3 Å². The van der Waals surface area contributed by atoms with Crippen molar-refractivity contribution in [2.75, 3.05) is 7.11 Å². The SMILES string of the molecule is C=CCC[C@H]1C[C@@H](C(=O)OC)NC1=O. The fourth-order valence-corrected chi connectivity index (χ4v) is 1.61. The Bertz CT molecular complexity index is 250. The average Bonchev–Trinajstić information content (AvgIpc) is 2.56. The van der Waals surface area contributed by atoms with Crippen LogP contribution >= 0.6 is 0 Å². The first-order valence-corrected chi connectivity index (χ1v) is 4.68. The Labute approximate surface area is 83.3 Å². The molecule has 0 aromatic carbocycles. The maximum Gasteiger partial charge on any atom is 0.328 e. The van der Waals surface area contributed by atoms with Gasteiger partial charge in [-0.05, 0) is 19.3 Å². The Kier molecular flexibility index (Phi) is 3.68. The van der Waals surface area contributed by atoms with Crippen LogP contribution in [0.4, 0.5) is 0 Å². The third kappa shape index (κ3) is 2.34. The standard InChI is InChI=1S/C10H15NO3/c1-3-4-5-7-6-8(10(13)14-2)11-9(7)12/h3,7-8H,1,4-6H2,2H3,(H,11,12)/t7-,8-/m0/s1. The van der Waals surface area contributed by atoms with Crippen molar-refractivity contribution < 1.29 is 14.3 Å². The van der Waals surface area contributed by atoms with Crippen molar-refractivity contribution in [3.63, 3.8) is 0 Å². The molecule has 1 saturated heterocycles. The number of rotatable bonds is 4. The minimum absolute atomic E-state index is 0.0535. The van der Waals surface area contributed by atoms with Gasteiger partial charge in [0.05, 0.1) is 7.11 Å². The maximum atomic E-state index is 11.4. The van der Waals surface area contributed by atoms with Crippen molar-refractivity contribution in [3.8, 4) is 0 Å². The molecule has 0 aromatic rings. The van der Waals surface area contributed by atoms with Gasteiger partial charge in [-0.3, -0.25) is 4.79 Å². The molecule has 1 aliphatic rings. The molecule has 1 aliphatic heterocycles. The van der Waals surface area contributed by atoms with Crippen LogP contribution in [0.25, 0.3) is 0 Å². The van der Waals surface area contributed by atoms with Crippen LogP contribution in [-0.2, 0) is 14.3 Å². The molecule has 0 spiro atoms. The maximum absolute atomic E-state index is 11.4. The second-order valence-corrected chi connectivity index (χ2v) is 3.38. The molecule has 1 N–H and O–H groups in total. The third-order valence-corrected chi connectivity index (χ3v) is 2.41.